The second-order valence-electron chi connectivity index (χ2n) is 32.2. The Morgan fingerprint density at radius 1 is 0.248 bits per heavy atom. The number of aromatic nitrogens is 4. The normalized spacial score (nSPS) is 13.2. The topological polar surface area (TPSA) is 64.7 Å². The quantitative estimate of drug-likeness (QED) is 0.0356. The van der Waals surface area contributed by atoms with E-state index in [4.69, 9.17) is 4.63 Å². The van der Waals surface area contributed by atoms with Gasteiger partial charge < -0.3 is 0 Å². The van der Waals surface area contributed by atoms with Crippen LogP contribution in [0.1, 0.15) is 303 Å². The van der Waals surface area contributed by atoms with Gasteiger partial charge >= 0.3 is 0 Å². The van der Waals surface area contributed by atoms with Crippen LogP contribution in [0.4, 0.5) is 0 Å². The van der Waals surface area contributed by atoms with E-state index >= 15 is 0 Å². The van der Waals surface area contributed by atoms with Crippen LogP contribution in [0.15, 0.2) is 211 Å². The summed E-state index contributed by atoms with van der Waals surface area (Å²) in [5.74, 6) is 0. The molecule has 0 spiro atoms. The van der Waals surface area contributed by atoms with Crippen LogP contribution in [-0.2, 0) is 10.8 Å². The first kappa shape index (κ1) is 78.1. The summed E-state index contributed by atoms with van der Waals surface area (Å²) < 4.78 is 5.67. The molecule has 5 heteroatoms. The average Bonchev–Trinajstić information content (AvgIpc) is 1.55. The third kappa shape index (κ3) is 19.2. The van der Waals surface area contributed by atoms with Crippen LogP contribution in [0, 0.1) is 0 Å². The molecule has 5 nitrogen and oxygen atoms in total. The molecule has 0 atom stereocenters. The molecule has 3 heterocycles. The molecule has 109 heavy (non-hydrogen) atoms. The third-order valence-electron chi connectivity index (χ3n) is 24.6. The zero-order valence-corrected chi connectivity index (χ0v) is 66.6. The number of fused-ring (bicyclic) bond motifs is 7. The fraction of sp³-hybridized carbons (Fsp3) is 0.404. The number of pyridine rings is 2. The Morgan fingerprint density at radius 3 is 0.881 bits per heavy atom. The van der Waals surface area contributed by atoms with E-state index in [-0.39, 0.29) is 10.8 Å². The molecule has 0 saturated carbocycles. The fourth-order valence-electron chi connectivity index (χ4n) is 18.6. The zero-order valence-electron chi connectivity index (χ0n) is 66.6. The Labute approximate surface area is 655 Å². The third-order valence-corrected chi connectivity index (χ3v) is 24.6. The van der Waals surface area contributed by atoms with Gasteiger partial charge in [0.15, 0.2) is 0 Å². The van der Waals surface area contributed by atoms with Gasteiger partial charge in [-0.15, -0.1) is 0 Å². The molecule has 0 fully saturated rings. The molecule has 0 radical (unpaired) electrons. The highest BCUT2D eigenvalue weighted by molar-refractivity contribution is 6.01. The molecule has 0 N–H and O–H groups in total. The van der Waals surface area contributed by atoms with Gasteiger partial charge in [-0.2, -0.15) is 0 Å². The summed E-state index contributed by atoms with van der Waals surface area (Å²) in [6, 6.07) is 70.1. The van der Waals surface area contributed by atoms with Crippen molar-refractivity contribution in [2.75, 3.05) is 0 Å². The SMILES string of the molecule is CCCCCCCCCCC1(CCCCCCCCCC)c2cc(-c3ccccc3)ccc2-c2ccc(-c3cc(/C=C/c4ccncc4)c(-c4ccc5c(c4)C(CCCCCCCCCC)(CCCCCCCCCC)c4cc(-c6ccc(-c7ccccc7)c7nonc67)ccc4-5)cc3/C=C/c3ccncc3)cc21. The van der Waals surface area contributed by atoms with Gasteiger partial charge in [0.2, 0.25) is 0 Å². The van der Waals surface area contributed by atoms with Crippen LogP contribution in [-0.4, -0.2) is 20.3 Å². The van der Waals surface area contributed by atoms with Crippen LogP contribution in [0.5, 0.6) is 0 Å². The number of unbranched alkanes of at least 4 members (excludes halogenated alkanes) is 28. The predicted octanol–water partition coefficient (Wildman–Crippen LogP) is 31.3. The summed E-state index contributed by atoms with van der Waals surface area (Å²) in [5.41, 5.74) is 29.5. The Hall–Kier alpha value is -9.06. The second-order valence-corrected chi connectivity index (χ2v) is 32.2. The zero-order chi connectivity index (χ0) is 74.7. The van der Waals surface area contributed by atoms with Gasteiger partial charge in [0.05, 0.1) is 0 Å². The lowest BCUT2D eigenvalue weighted by Gasteiger charge is -2.34. The first-order valence-electron chi connectivity index (χ1n) is 43.2. The van der Waals surface area contributed by atoms with Gasteiger partial charge in [-0.25, -0.2) is 4.63 Å². The van der Waals surface area contributed by atoms with Gasteiger partial charge in [-0.05, 0) is 208 Å². The molecule has 564 valence electrons. The van der Waals surface area contributed by atoms with E-state index in [0.717, 1.165) is 64.5 Å². The smallest absolute Gasteiger partial charge is 0.143 e. The van der Waals surface area contributed by atoms with Gasteiger partial charge in [-0.3, -0.25) is 9.97 Å². The van der Waals surface area contributed by atoms with Crippen molar-refractivity contribution in [2.45, 2.75) is 270 Å². The monoisotopic (exact) mass is 1440 g/mol. The van der Waals surface area contributed by atoms with Crippen molar-refractivity contribution in [3.05, 3.63) is 251 Å². The fourth-order valence-corrected chi connectivity index (χ4v) is 18.6. The van der Waals surface area contributed by atoms with E-state index in [1.54, 1.807) is 5.56 Å². The van der Waals surface area contributed by atoms with Crippen LogP contribution in [0.3, 0.4) is 0 Å². The van der Waals surface area contributed by atoms with E-state index in [1.807, 2.05) is 24.8 Å². The van der Waals surface area contributed by atoms with E-state index < -0.39 is 0 Å². The van der Waals surface area contributed by atoms with Gasteiger partial charge in [0.25, 0.3) is 0 Å². The minimum absolute atomic E-state index is 0.127. The summed E-state index contributed by atoms with van der Waals surface area (Å²) in [6.07, 6.45) is 63.2. The number of benzene rings is 8. The van der Waals surface area contributed by atoms with Crippen LogP contribution >= 0.6 is 0 Å². The highest BCUT2D eigenvalue weighted by Crippen LogP contribution is 2.59. The van der Waals surface area contributed by atoms with Gasteiger partial charge in [-0.1, -0.05) is 379 Å². The average molecular weight is 1440 g/mol. The van der Waals surface area contributed by atoms with Crippen molar-refractivity contribution in [1.29, 1.82) is 0 Å². The molecule has 11 aromatic rings. The van der Waals surface area contributed by atoms with Crippen molar-refractivity contribution in [1.82, 2.24) is 20.3 Å². The Balaban J connectivity index is 0.964. The van der Waals surface area contributed by atoms with Crippen LogP contribution < -0.4 is 0 Å². The molecular formula is C104H122N4O. The van der Waals surface area contributed by atoms with Crippen molar-refractivity contribution < 1.29 is 4.63 Å². The molecular weight excluding hydrogens is 1320 g/mol. The minimum atomic E-state index is -0.219. The molecule has 3 aromatic heterocycles. The molecule has 0 saturated heterocycles. The lowest BCUT2D eigenvalue weighted by atomic mass is 9.69. The molecule has 0 aliphatic heterocycles. The van der Waals surface area contributed by atoms with Crippen molar-refractivity contribution in [3.63, 3.8) is 0 Å². The number of nitrogens with zero attached hydrogens (tertiary/aromatic N) is 4. The molecule has 2 aliphatic carbocycles. The lowest BCUT2D eigenvalue weighted by Crippen LogP contribution is -2.25. The highest BCUT2D eigenvalue weighted by atomic mass is 16.6. The van der Waals surface area contributed by atoms with Crippen molar-refractivity contribution in [3.8, 4) is 77.9 Å². The molecule has 8 aromatic carbocycles. The maximum Gasteiger partial charge on any atom is 0.143 e. The van der Waals surface area contributed by atoms with E-state index in [9.17, 15) is 0 Å². The number of hydrogen-bond donors (Lipinski definition) is 0. The highest BCUT2D eigenvalue weighted by Gasteiger charge is 2.45. The number of rotatable bonds is 45. The van der Waals surface area contributed by atoms with Crippen molar-refractivity contribution in [2.24, 2.45) is 0 Å². The number of hydrogen-bond acceptors (Lipinski definition) is 5. The van der Waals surface area contributed by atoms with E-state index in [2.05, 4.69) is 254 Å². The standard InChI is InChI=1S/C104H122N4O/c1-5-9-13-17-21-25-29-39-65-103(66-40-30-26-22-18-14-10-6-2)97-75-83(81-43-35-33-36-44-81)51-55-91(97)93-57-53-87(77-99(93)103)95-73-85(50-48-80-63-71-106-72-64-80)96(74-84(95)49-47-79-61-69-105-70-62-79)88-54-58-94-92-56-52-86(90-60-59-89(82-45-37-34-38-46-82)101-102(90)108-109-107-101)76-98(92)104(100(94)78-88,67-41-31-27-23-19-15-11-7-3)68-42-32-28-24-20-16-12-8-4/h33-38,43-64,69-78H,5-32,39-42,65-68H2,1-4H3/b49-47+,50-48+. The first-order chi connectivity index (χ1) is 53.9. The van der Waals surface area contributed by atoms with Crippen molar-refractivity contribution >= 4 is 35.3 Å². The molecule has 0 amide bonds. The molecule has 13 rings (SSSR count). The Bertz CT molecular complexity index is 4660. The van der Waals surface area contributed by atoms with Gasteiger partial charge in [0.1, 0.15) is 11.0 Å². The maximum atomic E-state index is 5.67. The van der Waals surface area contributed by atoms with E-state index in [0.29, 0.717) is 0 Å². The summed E-state index contributed by atoms with van der Waals surface area (Å²) in [5, 5.41) is 9.28. The summed E-state index contributed by atoms with van der Waals surface area (Å²) in [6.45, 7) is 9.32. The summed E-state index contributed by atoms with van der Waals surface area (Å²) in [7, 11) is 0. The molecule has 0 bridgehead atoms. The largest absolute Gasteiger partial charge is 0.265 e. The Kier molecular flexibility index (Phi) is 28.7. The van der Waals surface area contributed by atoms with Crippen LogP contribution in [0.2, 0.25) is 0 Å². The lowest BCUT2D eigenvalue weighted by molar-refractivity contribution is 0.315. The summed E-state index contributed by atoms with van der Waals surface area (Å²) >= 11 is 0. The second kappa shape index (κ2) is 40.0. The van der Waals surface area contributed by atoms with E-state index in [1.165, 1.54) is 294 Å². The van der Waals surface area contributed by atoms with Gasteiger partial charge in [0, 0.05) is 46.7 Å². The minimum Gasteiger partial charge on any atom is -0.265 e. The summed E-state index contributed by atoms with van der Waals surface area (Å²) in [4.78, 5) is 8.97. The maximum absolute atomic E-state index is 5.67. The van der Waals surface area contributed by atoms with Crippen LogP contribution in [0.25, 0.3) is 113 Å². The predicted molar refractivity (Wildman–Crippen MR) is 467 cm³/mol. The Morgan fingerprint density at radius 2 is 0.532 bits per heavy atom. The first-order valence-corrected chi connectivity index (χ1v) is 43.2. The molecule has 2 aliphatic rings. The molecule has 0 unspecified atom stereocenters.